The number of hydrogen-bond acceptors (Lipinski definition) is 2. The van der Waals surface area contributed by atoms with E-state index in [1.54, 1.807) is 0 Å². The van der Waals surface area contributed by atoms with Gasteiger partial charge in [-0.15, -0.1) is 0 Å². The minimum atomic E-state index is 0.478. The van der Waals surface area contributed by atoms with E-state index in [1.807, 2.05) is 0 Å². The third-order valence-electron chi connectivity index (χ3n) is 3.28. The van der Waals surface area contributed by atoms with Gasteiger partial charge in [0.25, 0.3) is 0 Å². The number of nitrogens with two attached hydrogens (primary N) is 1. The zero-order valence-corrected chi connectivity index (χ0v) is 10.4. The SMILES string of the molecule is Cc1cccc(CC(=NC2CCCC2)NN)c1. The second-order valence-electron chi connectivity index (χ2n) is 4.82. The van der Waals surface area contributed by atoms with Crippen molar-refractivity contribution in [3.63, 3.8) is 0 Å². The summed E-state index contributed by atoms with van der Waals surface area (Å²) in [6.07, 6.45) is 5.82. The number of nitrogens with zero attached hydrogens (tertiary/aromatic N) is 1. The molecule has 1 aliphatic carbocycles. The zero-order chi connectivity index (χ0) is 12.1. The van der Waals surface area contributed by atoms with Gasteiger partial charge in [0.1, 0.15) is 5.84 Å². The van der Waals surface area contributed by atoms with Crippen molar-refractivity contribution in [3.8, 4) is 0 Å². The average Bonchev–Trinajstić information content (AvgIpc) is 2.81. The van der Waals surface area contributed by atoms with Gasteiger partial charge in [0.15, 0.2) is 0 Å². The quantitative estimate of drug-likeness (QED) is 0.363. The molecule has 0 unspecified atom stereocenters. The summed E-state index contributed by atoms with van der Waals surface area (Å²) in [5.41, 5.74) is 5.29. The average molecular weight is 231 g/mol. The zero-order valence-electron chi connectivity index (χ0n) is 10.4. The molecule has 0 aromatic heterocycles. The van der Waals surface area contributed by atoms with E-state index >= 15 is 0 Å². The fourth-order valence-electron chi connectivity index (χ4n) is 2.40. The molecule has 3 N–H and O–H groups in total. The molecule has 0 aliphatic heterocycles. The maximum Gasteiger partial charge on any atom is 0.115 e. The van der Waals surface area contributed by atoms with E-state index in [4.69, 9.17) is 10.8 Å². The molecule has 0 radical (unpaired) electrons. The van der Waals surface area contributed by atoms with Crippen LogP contribution in [0.25, 0.3) is 0 Å². The van der Waals surface area contributed by atoms with Crippen LogP contribution in [-0.2, 0) is 6.42 Å². The lowest BCUT2D eigenvalue weighted by molar-refractivity contribution is 0.697. The van der Waals surface area contributed by atoms with Crippen molar-refractivity contribution in [1.29, 1.82) is 0 Å². The van der Waals surface area contributed by atoms with Crippen molar-refractivity contribution in [2.45, 2.75) is 45.1 Å². The van der Waals surface area contributed by atoms with Crippen LogP contribution in [0.15, 0.2) is 29.3 Å². The van der Waals surface area contributed by atoms with Gasteiger partial charge in [0, 0.05) is 6.42 Å². The van der Waals surface area contributed by atoms with Crippen molar-refractivity contribution in [1.82, 2.24) is 5.43 Å². The molecule has 92 valence electrons. The first-order valence-corrected chi connectivity index (χ1v) is 6.37. The van der Waals surface area contributed by atoms with E-state index in [-0.39, 0.29) is 0 Å². The molecule has 0 amide bonds. The summed E-state index contributed by atoms with van der Waals surface area (Å²) >= 11 is 0. The molecule has 0 atom stereocenters. The number of hydrogen-bond donors (Lipinski definition) is 2. The smallest absolute Gasteiger partial charge is 0.115 e. The van der Waals surface area contributed by atoms with Crippen molar-refractivity contribution in [2.24, 2.45) is 10.8 Å². The lowest BCUT2D eigenvalue weighted by Gasteiger charge is -2.10. The third-order valence-corrected chi connectivity index (χ3v) is 3.28. The van der Waals surface area contributed by atoms with Crippen LogP contribution < -0.4 is 11.3 Å². The molecule has 1 aromatic carbocycles. The van der Waals surface area contributed by atoms with E-state index in [0.717, 1.165) is 12.3 Å². The van der Waals surface area contributed by atoms with Crippen molar-refractivity contribution < 1.29 is 0 Å². The van der Waals surface area contributed by atoms with Crippen LogP contribution in [-0.4, -0.2) is 11.9 Å². The molecule has 0 saturated heterocycles. The molecule has 0 bridgehead atoms. The number of hydrazine groups is 1. The summed E-state index contributed by atoms with van der Waals surface area (Å²) in [4.78, 5) is 4.70. The first-order chi connectivity index (χ1) is 8.28. The van der Waals surface area contributed by atoms with Gasteiger partial charge in [-0.25, -0.2) is 5.84 Å². The molecule has 3 nitrogen and oxygen atoms in total. The fourth-order valence-corrected chi connectivity index (χ4v) is 2.40. The highest BCUT2D eigenvalue weighted by atomic mass is 15.3. The Morgan fingerprint density at radius 1 is 1.41 bits per heavy atom. The normalized spacial score (nSPS) is 17.4. The number of aryl methyl sites for hydroxylation is 1. The third kappa shape index (κ3) is 3.56. The lowest BCUT2D eigenvalue weighted by Crippen LogP contribution is -2.33. The molecule has 1 aliphatic rings. The number of benzene rings is 1. The highest BCUT2D eigenvalue weighted by Gasteiger charge is 2.14. The van der Waals surface area contributed by atoms with Crippen LogP contribution in [0.3, 0.4) is 0 Å². The van der Waals surface area contributed by atoms with Gasteiger partial charge in [-0.3, -0.25) is 4.99 Å². The maximum atomic E-state index is 5.56. The highest BCUT2D eigenvalue weighted by Crippen LogP contribution is 2.21. The van der Waals surface area contributed by atoms with Crippen molar-refractivity contribution >= 4 is 5.84 Å². The Balaban J connectivity index is 2.03. The van der Waals surface area contributed by atoms with Gasteiger partial charge in [0.2, 0.25) is 0 Å². The number of amidine groups is 1. The Morgan fingerprint density at radius 2 is 2.18 bits per heavy atom. The Morgan fingerprint density at radius 3 is 2.82 bits per heavy atom. The molecule has 0 spiro atoms. The van der Waals surface area contributed by atoms with E-state index in [9.17, 15) is 0 Å². The minimum Gasteiger partial charge on any atom is -0.312 e. The van der Waals surface area contributed by atoms with E-state index in [0.29, 0.717) is 6.04 Å². The van der Waals surface area contributed by atoms with Gasteiger partial charge < -0.3 is 5.43 Å². The minimum absolute atomic E-state index is 0.478. The molecule has 1 fully saturated rings. The summed E-state index contributed by atoms with van der Waals surface area (Å²) in [5.74, 6) is 6.46. The highest BCUT2D eigenvalue weighted by molar-refractivity contribution is 5.84. The molecule has 2 rings (SSSR count). The number of rotatable bonds is 3. The summed E-state index contributed by atoms with van der Waals surface area (Å²) in [7, 11) is 0. The molecular formula is C14H21N3. The second-order valence-corrected chi connectivity index (χ2v) is 4.82. The Hall–Kier alpha value is -1.35. The molecule has 1 saturated carbocycles. The van der Waals surface area contributed by atoms with E-state index < -0.39 is 0 Å². The molecule has 0 heterocycles. The second kappa shape index (κ2) is 5.82. The Kier molecular flexibility index (Phi) is 4.15. The van der Waals surface area contributed by atoms with Crippen LogP contribution in [0.5, 0.6) is 0 Å². The van der Waals surface area contributed by atoms with Gasteiger partial charge in [-0.05, 0) is 25.3 Å². The largest absolute Gasteiger partial charge is 0.312 e. The topological polar surface area (TPSA) is 50.4 Å². The first-order valence-electron chi connectivity index (χ1n) is 6.37. The van der Waals surface area contributed by atoms with Gasteiger partial charge in [-0.2, -0.15) is 0 Å². The number of aliphatic imine (C=N–C) groups is 1. The van der Waals surface area contributed by atoms with E-state index in [2.05, 4.69) is 36.6 Å². The van der Waals surface area contributed by atoms with Gasteiger partial charge in [-0.1, -0.05) is 42.7 Å². The Labute approximate surface area is 103 Å². The van der Waals surface area contributed by atoms with Crippen LogP contribution in [0.4, 0.5) is 0 Å². The Bertz CT molecular complexity index is 392. The van der Waals surface area contributed by atoms with Crippen LogP contribution >= 0.6 is 0 Å². The molecule has 1 aromatic rings. The fraction of sp³-hybridized carbons (Fsp3) is 0.500. The van der Waals surface area contributed by atoms with Crippen molar-refractivity contribution in [3.05, 3.63) is 35.4 Å². The van der Waals surface area contributed by atoms with Crippen LogP contribution in [0.2, 0.25) is 0 Å². The van der Waals surface area contributed by atoms with Gasteiger partial charge in [0.05, 0.1) is 6.04 Å². The monoisotopic (exact) mass is 231 g/mol. The molecule has 17 heavy (non-hydrogen) atoms. The predicted octanol–water partition coefficient (Wildman–Crippen LogP) is 2.34. The summed E-state index contributed by atoms with van der Waals surface area (Å²) in [6, 6.07) is 8.96. The standard InChI is InChI=1S/C14H21N3/c1-11-5-4-6-12(9-11)10-14(17-15)16-13-7-2-3-8-13/h4-6,9,13H,2-3,7-8,10,15H2,1H3,(H,16,17). The van der Waals surface area contributed by atoms with E-state index in [1.165, 1.54) is 36.8 Å². The maximum absolute atomic E-state index is 5.56. The number of nitrogens with one attached hydrogen (secondary N) is 1. The summed E-state index contributed by atoms with van der Waals surface area (Å²) in [6.45, 7) is 2.10. The lowest BCUT2D eigenvalue weighted by atomic mass is 10.1. The summed E-state index contributed by atoms with van der Waals surface area (Å²) < 4.78 is 0. The van der Waals surface area contributed by atoms with Gasteiger partial charge >= 0.3 is 0 Å². The van der Waals surface area contributed by atoms with Crippen LogP contribution in [0.1, 0.15) is 36.8 Å². The predicted molar refractivity (Wildman–Crippen MR) is 71.9 cm³/mol. The first kappa shape index (κ1) is 12.1. The molecular weight excluding hydrogens is 210 g/mol. The van der Waals surface area contributed by atoms with Crippen molar-refractivity contribution in [2.75, 3.05) is 0 Å². The summed E-state index contributed by atoms with van der Waals surface area (Å²) in [5, 5.41) is 0. The van der Waals surface area contributed by atoms with Crippen LogP contribution in [0, 0.1) is 6.92 Å². The molecule has 3 heteroatoms.